The summed E-state index contributed by atoms with van der Waals surface area (Å²) in [5, 5.41) is 16.3. The minimum atomic E-state index is -1.19. The standard InChI is InChI=1S/C41H43N5O9/c47-37(23-46(45-41(49)53-25-33-21-42-27-54-33)22-29-9-13-31(14-10-29)35-8-4-5-18-43-35)36(44-40(48)55-38-26-52-39-34(38)17-19-50-39)20-28-11-15-32(16-12-28)51-24-30-6-2-1-3-7-30/h1-16,18,21,27,34,36-39,47H,17,19-20,22-26H2,(H,44,48)(H,45,49)/t34-,36-,37-,38-,39+/m0/s1. The summed E-state index contributed by atoms with van der Waals surface area (Å²) in [6.45, 7) is 1.16. The number of alkyl carbamates (subject to hydrolysis) is 1. The molecule has 3 N–H and O–H groups in total. The van der Waals surface area contributed by atoms with E-state index in [9.17, 15) is 14.7 Å². The quantitative estimate of drug-likeness (QED) is 0.110. The molecule has 286 valence electrons. The second kappa shape index (κ2) is 18.5. The maximum atomic E-state index is 13.4. The van der Waals surface area contributed by atoms with Crippen molar-refractivity contribution in [2.75, 3.05) is 19.8 Å². The molecule has 2 aliphatic rings. The molecule has 7 rings (SSSR count). The van der Waals surface area contributed by atoms with Crippen LogP contribution in [0, 0.1) is 5.92 Å². The first-order valence-corrected chi connectivity index (χ1v) is 18.2. The van der Waals surface area contributed by atoms with Crippen LogP contribution in [0.2, 0.25) is 0 Å². The third-order valence-electron chi connectivity index (χ3n) is 9.41. The van der Waals surface area contributed by atoms with Gasteiger partial charge in [-0.3, -0.25) is 10.4 Å². The van der Waals surface area contributed by atoms with Crippen molar-refractivity contribution in [3.8, 4) is 17.0 Å². The molecule has 5 aromatic rings. The highest BCUT2D eigenvalue weighted by molar-refractivity contribution is 5.68. The van der Waals surface area contributed by atoms with Gasteiger partial charge in [0.1, 0.15) is 18.5 Å². The first kappa shape index (κ1) is 37.5. The van der Waals surface area contributed by atoms with E-state index >= 15 is 0 Å². The molecule has 2 amide bonds. The number of carbonyl (C=O) groups is 2. The number of hydrogen-bond donors (Lipinski definition) is 3. The number of fused-ring (bicyclic) bond motifs is 1. The van der Waals surface area contributed by atoms with Crippen LogP contribution in [0.5, 0.6) is 5.75 Å². The minimum Gasteiger partial charge on any atom is -0.489 e. The maximum absolute atomic E-state index is 13.4. The van der Waals surface area contributed by atoms with Gasteiger partial charge in [-0.05, 0) is 53.8 Å². The minimum absolute atomic E-state index is 0.0516. The highest BCUT2D eigenvalue weighted by Gasteiger charge is 2.44. The van der Waals surface area contributed by atoms with E-state index in [0.717, 1.165) is 34.4 Å². The molecule has 0 unspecified atom stereocenters. The first-order valence-electron chi connectivity index (χ1n) is 18.2. The van der Waals surface area contributed by atoms with Gasteiger partial charge in [-0.15, -0.1) is 0 Å². The molecule has 2 saturated heterocycles. The van der Waals surface area contributed by atoms with Gasteiger partial charge in [0.2, 0.25) is 0 Å². The Labute approximate surface area is 318 Å². The van der Waals surface area contributed by atoms with Crippen molar-refractivity contribution in [1.82, 2.24) is 25.7 Å². The maximum Gasteiger partial charge on any atom is 0.422 e. The van der Waals surface area contributed by atoms with Crippen molar-refractivity contribution in [2.24, 2.45) is 5.92 Å². The normalized spacial score (nSPS) is 18.6. The van der Waals surface area contributed by atoms with Gasteiger partial charge in [0.25, 0.3) is 0 Å². The lowest BCUT2D eigenvalue weighted by Crippen LogP contribution is -2.53. The van der Waals surface area contributed by atoms with Gasteiger partial charge >= 0.3 is 12.2 Å². The molecular formula is C41H43N5O9. The van der Waals surface area contributed by atoms with Gasteiger partial charge in [0, 0.05) is 24.8 Å². The van der Waals surface area contributed by atoms with Crippen LogP contribution in [0.3, 0.4) is 0 Å². The largest absolute Gasteiger partial charge is 0.489 e. The topological polar surface area (TPSA) is 167 Å². The first-order chi connectivity index (χ1) is 26.9. The lowest BCUT2D eigenvalue weighted by Gasteiger charge is -2.30. The van der Waals surface area contributed by atoms with Crippen LogP contribution in [0.25, 0.3) is 11.3 Å². The van der Waals surface area contributed by atoms with Crippen LogP contribution in [-0.2, 0) is 45.1 Å². The van der Waals surface area contributed by atoms with Gasteiger partial charge in [-0.25, -0.2) is 19.6 Å². The van der Waals surface area contributed by atoms with Gasteiger partial charge in [-0.1, -0.05) is 72.8 Å². The third-order valence-corrected chi connectivity index (χ3v) is 9.41. The Bertz CT molecular complexity index is 1930. The Morgan fingerprint density at radius 2 is 1.69 bits per heavy atom. The van der Waals surface area contributed by atoms with Crippen molar-refractivity contribution in [3.05, 3.63) is 138 Å². The molecule has 2 aromatic heterocycles. The fraction of sp³-hybridized carbons (Fsp3) is 0.317. The van der Waals surface area contributed by atoms with Crippen molar-refractivity contribution < 1.29 is 42.8 Å². The SMILES string of the molecule is O=C(NN(Cc1ccc(-c2ccccn2)cc1)C[C@H](O)[C@H](Cc1ccc(OCc2ccccc2)cc1)NC(=O)O[C@H]1CO[C@H]2OCC[C@H]21)OCc1cnco1. The number of rotatable bonds is 16. The number of oxazole rings is 1. The van der Waals surface area contributed by atoms with Crippen molar-refractivity contribution in [1.29, 1.82) is 0 Å². The van der Waals surface area contributed by atoms with E-state index in [4.69, 9.17) is 28.1 Å². The van der Waals surface area contributed by atoms with Crippen molar-refractivity contribution in [3.63, 3.8) is 0 Å². The molecule has 0 saturated carbocycles. The van der Waals surface area contributed by atoms with E-state index in [0.29, 0.717) is 24.7 Å². The predicted molar refractivity (Wildman–Crippen MR) is 198 cm³/mol. The number of aliphatic hydroxyl groups is 1. The Morgan fingerprint density at radius 3 is 2.45 bits per heavy atom. The van der Waals surface area contributed by atoms with Gasteiger partial charge in [-0.2, -0.15) is 0 Å². The fourth-order valence-electron chi connectivity index (χ4n) is 6.52. The van der Waals surface area contributed by atoms with Crippen LogP contribution < -0.4 is 15.5 Å². The second-order valence-electron chi connectivity index (χ2n) is 13.4. The molecule has 0 bridgehead atoms. The molecule has 0 radical (unpaired) electrons. The Kier molecular flexibility index (Phi) is 12.6. The molecule has 0 aliphatic carbocycles. The summed E-state index contributed by atoms with van der Waals surface area (Å²) < 4.78 is 33.6. The molecule has 4 heterocycles. The number of nitrogens with one attached hydrogen (secondary N) is 2. The molecule has 2 fully saturated rings. The molecule has 14 heteroatoms. The number of nitrogens with zero attached hydrogens (tertiary/aromatic N) is 3. The number of pyridine rings is 1. The summed E-state index contributed by atoms with van der Waals surface area (Å²) in [5.74, 6) is 0.999. The molecular weight excluding hydrogens is 706 g/mol. The number of hydrogen-bond acceptors (Lipinski definition) is 12. The highest BCUT2D eigenvalue weighted by Crippen LogP contribution is 2.33. The van der Waals surface area contributed by atoms with E-state index < -0.39 is 30.4 Å². The van der Waals surface area contributed by atoms with E-state index in [-0.39, 0.29) is 44.9 Å². The number of hydrazine groups is 1. The van der Waals surface area contributed by atoms with Crippen LogP contribution in [0.1, 0.15) is 28.9 Å². The molecule has 3 aromatic carbocycles. The summed E-state index contributed by atoms with van der Waals surface area (Å²) in [4.78, 5) is 34.7. The summed E-state index contributed by atoms with van der Waals surface area (Å²) in [6, 6.07) is 29.9. The van der Waals surface area contributed by atoms with E-state index in [1.165, 1.54) is 17.6 Å². The Balaban J connectivity index is 1.05. The number of ether oxygens (including phenoxy) is 5. The predicted octanol–water partition coefficient (Wildman–Crippen LogP) is 5.42. The third kappa shape index (κ3) is 10.7. The van der Waals surface area contributed by atoms with E-state index in [1.54, 1.807) is 6.20 Å². The zero-order valence-electron chi connectivity index (χ0n) is 30.1. The van der Waals surface area contributed by atoms with Crippen molar-refractivity contribution >= 4 is 12.2 Å². The molecule has 2 aliphatic heterocycles. The Hall–Kier alpha value is -5.80. The van der Waals surface area contributed by atoms with Gasteiger partial charge < -0.3 is 38.5 Å². The van der Waals surface area contributed by atoms with Crippen LogP contribution >= 0.6 is 0 Å². The van der Waals surface area contributed by atoms with E-state index in [2.05, 4.69) is 20.7 Å². The number of benzene rings is 3. The number of aromatic nitrogens is 2. The lowest BCUT2D eigenvalue weighted by atomic mass is 10.0. The average molecular weight is 750 g/mol. The average Bonchev–Trinajstić information content (AvgIpc) is 3.99. The molecule has 5 atom stereocenters. The monoisotopic (exact) mass is 749 g/mol. The second-order valence-corrected chi connectivity index (χ2v) is 13.4. The lowest BCUT2D eigenvalue weighted by molar-refractivity contribution is -0.0907. The van der Waals surface area contributed by atoms with Crippen LogP contribution in [-0.4, -0.2) is 76.6 Å². The smallest absolute Gasteiger partial charge is 0.422 e. The van der Waals surface area contributed by atoms with Crippen molar-refractivity contribution in [2.45, 2.75) is 57.1 Å². The van der Waals surface area contributed by atoms with Crippen LogP contribution in [0.4, 0.5) is 9.59 Å². The van der Waals surface area contributed by atoms with Gasteiger partial charge in [0.05, 0.1) is 43.2 Å². The Morgan fingerprint density at radius 1 is 0.891 bits per heavy atom. The molecule has 14 nitrogen and oxygen atoms in total. The summed E-state index contributed by atoms with van der Waals surface area (Å²) in [6.07, 6.45) is 1.90. The summed E-state index contributed by atoms with van der Waals surface area (Å²) >= 11 is 0. The zero-order chi connectivity index (χ0) is 37.8. The van der Waals surface area contributed by atoms with Crippen LogP contribution in [0.15, 0.2) is 120 Å². The molecule has 0 spiro atoms. The number of aliphatic hydroxyl groups excluding tert-OH is 1. The summed E-state index contributed by atoms with van der Waals surface area (Å²) in [5.41, 5.74) is 7.22. The highest BCUT2D eigenvalue weighted by atomic mass is 16.7. The number of amides is 2. The van der Waals surface area contributed by atoms with Gasteiger partial charge in [0.15, 0.2) is 25.1 Å². The zero-order valence-corrected chi connectivity index (χ0v) is 30.1. The van der Waals surface area contributed by atoms with E-state index in [1.807, 2.05) is 97.1 Å². The summed E-state index contributed by atoms with van der Waals surface area (Å²) in [7, 11) is 0. The number of carbonyl (C=O) groups excluding carboxylic acids is 2. The fourth-order valence-corrected chi connectivity index (χ4v) is 6.52. The molecule has 55 heavy (non-hydrogen) atoms.